The molecule has 0 bridgehead atoms. The number of carboxylic acids is 1. The van der Waals surface area contributed by atoms with Gasteiger partial charge >= 0.3 is 5.97 Å². The van der Waals surface area contributed by atoms with Crippen LogP contribution in [-0.2, 0) is 0 Å². The molecule has 0 spiro atoms. The maximum atomic E-state index is 11.3. The fraction of sp³-hybridized carbons (Fsp3) is 0.417. The van der Waals surface area contributed by atoms with Gasteiger partial charge in [0.25, 0.3) is 0 Å². The number of halogens is 2. The maximum absolute atomic E-state index is 11.3. The van der Waals surface area contributed by atoms with E-state index in [1.165, 1.54) is 0 Å². The minimum atomic E-state index is -0.887. The Hall–Kier alpha value is -0.550. The molecule has 1 aromatic carbocycles. The van der Waals surface area contributed by atoms with E-state index in [0.29, 0.717) is 11.5 Å². The van der Waals surface area contributed by atoms with Gasteiger partial charge in [-0.2, -0.15) is 0 Å². The van der Waals surface area contributed by atoms with E-state index in [2.05, 4.69) is 43.7 Å². The number of carbonyl (C=O) groups is 1. The molecule has 0 unspecified atom stereocenters. The van der Waals surface area contributed by atoms with Crippen molar-refractivity contribution in [2.45, 2.75) is 13.3 Å². The Morgan fingerprint density at radius 2 is 2.12 bits per heavy atom. The highest BCUT2D eigenvalue weighted by atomic mass is 79.9. The van der Waals surface area contributed by atoms with Gasteiger partial charge in [0.05, 0.1) is 11.3 Å². The van der Waals surface area contributed by atoms with Crippen molar-refractivity contribution in [1.82, 2.24) is 0 Å². The van der Waals surface area contributed by atoms with E-state index < -0.39 is 5.97 Å². The first-order chi connectivity index (χ1) is 8.02. The predicted molar refractivity (Wildman–Crippen MR) is 74.8 cm³/mol. The summed E-state index contributed by atoms with van der Waals surface area (Å²) in [6, 6.07) is 3.54. The van der Waals surface area contributed by atoms with Crippen molar-refractivity contribution in [3.63, 3.8) is 0 Å². The van der Waals surface area contributed by atoms with Crippen LogP contribution in [0.4, 0.5) is 5.69 Å². The van der Waals surface area contributed by atoms with Crippen molar-refractivity contribution in [3.05, 3.63) is 26.6 Å². The molecule has 0 aliphatic carbocycles. The maximum Gasteiger partial charge on any atom is 0.337 e. The van der Waals surface area contributed by atoms with Crippen molar-refractivity contribution >= 4 is 43.5 Å². The summed E-state index contributed by atoms with van der Waals surface area (Å²) in [5.41, 5.74) is 1.14. The van der Waals surface area contributed by atoms with Crippen LogP contribution >= 0.6 is 31.9 Å². The largest absolute Gasteiger partial charge is 0.478 e. The lowest BCUT2D eigenvalue weighted by atomic mass is 9.95. The van der Waals surface area contributed by atoms with Crippen LogP contribution in [0.3, 0.4) is 0 Å². The topological polar surface area (TPSA) is 40.5 Å². The third-order valence-electron chi connectivity index (χ3n) is 3.11. The number of aromatic carboxylic acids is 1. The quantitative estimate of drug-likeness (QED) is 0.889. The highest BCUT2D eigenvalue weighted by molar-refractivity contribution is 9.11. The predicted octanol–water partition coefficient (Wildman–Crippen LogP) is 3.76. The van der Waals surface area contributed by atoms with Gasteiger partial charge in [-0.3, -0.25) is 0 Å². The van der Waals surface area contributed by atoms with Gasteiger partial charge in [0.2, 0.25) is 0 Å². The van der Waals surface area contributed by atoms with Crippen LogP contribution in [0.2, 0.25) is 0 Å². The zero-order valence-corrected chi connectivity index (χ0v) is 12.6. The average Bonchev–Trinajstić information content (AvgIpc) is 2.18. The Morgan fingerprint density at radius 1 is 1.47 bits per heavy atom. The zero-order chi connectivity index (χ0) is 12.6. The minimum Gasteiger partial charge on any atom is -0.478 e. The molecule has 0 aromatic heterocycles. The number of anilines is 1. The molecule has 2 rings (SSSR count). The summed E-state index contributed by atoms with van der Waals surface area (Å²) in [4.78, 5) is 13.4. The zero-order valence-electron chi connectivity index (χ0n) is 9.41. The molecule has 5 heteroatoms. The lowest BCUT2D eigenvalue weighted by molar-refractivity contribution is 0.0697. The normalized spacial score (nSPS) is 15.8. The summed E-state index contributed by atoms with van der Waals surface area (Å²) in [5, 5.41) is 9.24. The van der Waals surface area contributed by atoms with E-state index in [1.807, 2.05) is 6.07 Å². The summed E-state index contributed by atoms with van der Waals surface area (Å²) in [7, 11) is 0. The SMILES string of the molecule is CCC1CN(c2c(Br)cc(Br)cc2C(=O)O)C1. The average molecular weight is 363 g/mol. The molecular formula is C12H13Br2NO2. The molecule has 17 heavy (non-hydrogen) atoms. The molecule has 1 saturated heterocycles. The van der Waals surface area contributed by atoms with Gasteiger partial charge in [-0.1, -0.05) is 22.9 Å². The van der Waals surface area contributed by atoms with Crippen molar-refractivity contribution < 1.29 is 9.90 Å². The molecule has 0 amide bonds. The molecule has 1 N–H and O–H groups in total. The van der Waals surface area contributed by atoms with Crippen molar-refractivity contribution in [2.75, 3.05) is 18.0 Å². The molecular weight excluding hydrogens is 350 g/mol. The molecule has 1 aliphatic heterocycles. The van der Waals surface area contributed by atoms with Gasteiger partial charge in [-0.15, -0.1) is 0 Å². The third kappa shape index (κ3) is 2.50. The van der Waals surface area contributed by atoms with Crippen LogP contribution in [0.15, 0.2) is 21.1 Å². The number of nitrogens with zero attached hydrogens (tertiary/aromatic N) is 1. The van der Waals surface area contributed by atoms with Crippen LogP contribution in [0.5, 0.6) is 0 Å². The summed E-state index contributed by atoms with van der Waals surface area (Å²) >= 11 is 6.77. The van der Waals surface area contributed by atoms with E-state index in [9.17, 15) is 9.90 Å². The van der Waals surface area contributed by atoms with E-state index in [-0.39, 0.29) is 0 Å². The number of hydrogen-bond donors (Lipinski definition) is 1. The van der Waals surface area contributed by atoms with Crippen LogP contribution in [0.25, 0.3) is 0 Å². The van der Waals surface area contributed by atoms with E-state index in [1.54, 1.807) is 6.07 Å². The van der Waals surface area contributed by atoms with Gasteiger partial charge in [0.15, 0.2) is 0 Å². The minimum absolute atomic E-state index is 0.348. The van der Waals surface area contributed by atoms with Crippen molar-refractivity contribution in [3.8, 4) is 0 Å². The second kappa shape index (κ2) is 4.98. The van der Waals surface area contributed by atoms with E-state index >= 15 is 0 Å². The number of benzene rings is 1. The molecule has 0 radical (unpaired) electrons. The molecule has 1 aliphatic rings. The molecule has 1 heterocycles. The first-order valence-electron chi connectivity index (χ1n) is 5.50. The first-order valence-corrected chi connectivity index (χ1v) is 7.08. The summed E-state index contributed by atoms with van der Waals surface area (Å²) in [6.45, 7) is 4.05. The van der Waals surface area contributed by atoms with Crippen molar-refractivity contribution in [2.24, 2.45) is 5.92 Å². The Morgan fingerprint density at radius 3 is 2.65 bits per heavy atom. The fourth-order valence-electron chi connectivity index (χ4n) is 2.06. The number of carboxylic acid groups (broad SMARTS) is 1. The van der Waals surface area contributed by atoms with Crippen LogP contribution < -0.4 is 4.90 Å². The van der Waals surface area contributed by atoms with Gasteiger partial charge in [0.1, 0.15) is 0 Å². The van der Waals surface area contributed by atoms with E-state index in [4.69, 9.17) is 0 Å². The van der Waals surface area contributed by atoms with Gasteiger partial charge in [0, 0.05) is 22.0 Å². The number of hydrogen-bond acceptors (Lipinski definition) is 2. The number of rotatable bonds is 3. The second-order valence-electron chi connectivity index (χ2n) is 4.27. The van der Waals surface area contributed by atoms with Gasteiger partial charge in [-0.05, 0) is 40.4 Å². The summed E-state index contributed by atoms with van der Waals surface area (Å²) < 4.78 is 1.61. The highest BCUT2D eigenvalue weighted by Gasteiger charge is 2.30. The van der Waals surface area contributed by atoms with Crippen LogP contribution in [0.1, 0.15) is 23.7 Å². The fourth-order valence-corrected chi connectivity index (χ4v) is 3.54. The third-order valence-corrected chi connectivity index (χ3v) is 4.17. The second-order valence-corrected chi connectivity index (χ2v) is 6.04. The molecule has 1 fully saturated rings. The van der Waals surface area contributed by atoms with Crippen LogP contribution in [-0.4, -0.2) is 24.2 Å². The Labute approximate surface area is 117 Å². The van der Waals surface area contributed by atoms with E-state index in [0.717, 1.165) is 34.1 Å². The van der Waals surface area contributed by atoms with Crippen molar-refractivity contribution in [1.29, 1.82) is 0 Å². The highest BCUT2D eigenvalue weighted by Crippen LogP contribution is 2.37. The van der Waals surface area contributed by atoms with Gasteiger partial charge in [-0.25, -0.2) is 4.79 Å². The molecule has 3 nitrogen and oxygen atoms in total. The van der Waals surface area contributed by atoms with Gasteiger partial charge < -0.3 is 10.0 Å². The molecule has 0 atom stereocenters. The molecule has 92 valence electrons. The Balaban J connectivity index is 2.36. The van der Waals surface area contributed by atoms with Crippen LogP contribution in [0, 0.1) is 5.92 Å². The summed E-state index contributed by atoms with van der Waals surface area (Å²) in [6.07, 6.45) is 1.15. The monoisotopic (exact) mass is 361 g/mol. The molecule has 1 aromatic rings. The Kier molecular flexibility index (Phi) is 3.78. The summed E-state index contributed by atoms with van der Waals surface area (Å²) in [5.74, 6) is -0.200. The first kappa shape index (κ1) is 12.9. The lowest BCUT2D eigenvalue weighted by Crippen LogP contribution is -2.47. The smallest absolute Gasteiger partial charge is 0.337 e. The molecule has 0 saturated carbocycles. The Bertz CT molecular complexity index is 456. The standard InChI is InChI=1S/C12H13Br2NO2/c1-2-7-5-15(6-7)11-9(12(16)17)3-8(13)4-10(11)14/h3-4,7H,2,5-6H2,1H3,(H,16,17). The lowest BCUT2D eigenvalue weighted by Gasteiger charge is -2.41.